The van der Waals surface area contributed by atoms with E-state index in [0.29, 0.717) is 24.9 Å². The Bertz CT molecular complexity index is 1140. The van der Waals surface area contributed by atoms with Crippen LogP contribution in [0.1, 0.15) is 12.2 Å². The zero-order chi connectivity index (χ0) is 22.3. The fourth-order valence-electron chi connectivity index (χ4n) is 3.26. The number of nitrogens with one attached hydrogen (secondary N) is 2. The van der Waals surface area contributed by atoms with Gasteiger partial charge in [0.05, 0.1) is 22.5 Å². The Morgan fingerprint density at radius 1 is 1.09 bits per heavy atom. The van der Waals surface area contributed by atoms with Crippen LogP contribution in [0.25, 0.3) is 11.0 Å². The van der Waals surface area contributed by atoms with Crippen LogP contribution in [-0.4, -0.2) is 56.9 Å². The van der Waals surface area contributed by atoms with E-state index in [-0.39, 0.29) is 28.9 Å². The van der Waals surface area contributed by atoms with Crippen LogP contribution in [0.3, 0.4) is 0 Å². The van der Waals surface area contributed by atoms with Gasteiger partial charge in [0.15, 0.2) is 15.8 Å². The highest BCUT2D eigenvalue weighted by atomic mass is 127. The molecule has 0 aliphatic carbocycles. The van der Waals surface area contributed by atoms with Crippen LogP contribution in [0.4, 0.5) is 0 Å². The molecule has 0 radical (unpaired) electrons. The summed E-state index contributed by atoms with van der Waals surface area (Å²) in [5, 5.41) is 6.51. The van der Waals surface area contributed by atoms with Gasteiger partial charge in [0.25, 0.3) is 0 Å². The first-order valence-electron chi connectivity index (χ1n) is 10.2. The lowest BCUT2D eigenvalue weighted by atomic mass is 10.3. The summed E-state index contributed by atoms with van der Waals surface area (Å²) >= 11 is 0. The summed E-state index contributed by atoms with van der Waals surface area (Å²) in [5.74, 6) is 2.36. The number of hydrogen-bond donors (Lipinski definition) is 2. The van der Waals surface area contributed by atoms with Gasteiger partial charge in [0.2, 0.25) is 0 Å². The molecule has 32 heavy (non-hydrogen) atoms. The smallest absolute Gasteiger partial charge is 0.191 e. The van der Waals surface area contributed by atoms with Crippen molar-refractivity contribution in [2.24, 2.45) is 4.99 Å². The van der Waals surface area contributed by atoms with Gasteiger partial charge in [0, 0.05) is 26.4 Å². The molecular weight excluding hydrogens is 541 g/mol. The topological polar surface area (TPSA) is 97.6 Å². The number of hydrogen-bond acceptors (Lipinski definition) is 5. The van der Waals surface area contributed by atoms with E-state index in [4.69, 9.17) is 4.74 Å². The van der Waals surface area contributed by atoms with Crippen molar-refractivity contribution in [1.82, 2.24) is 20.2 Å². The summed E-state index contributed by atoms with van der Waals surface area (Å²) < 4.78 is 30.9. The number of para-hydroxylation sites is 2. The molecule has 0 unspecified atom stereocenters. The Morgan fingerprint density at radius 2 is 1.78 bits per heavy atom. The molecular formula is C22H30IN5O3S. The van der Waals surface area contributed by atoms with Crippen LogP contribution in [0.2, 0.25) is 0 Å². The van der Waals surface area contributed by atoms with E-state index in [0.717, 1.165) is 36.4 Å². The second kappa shape index (κ2) is 12.0. The average Bonchev–Trinajstić information content (AvgIpc) is 3.07. The zero-order valence-electron chi connectivity index (χ0n) is 18.5. The molecule has 3 rings (SSSR count). The minimum absolute atomic E-state index is 0. The molecule has 10 heteroatoms. The predicted octanol–water partition coefficient (Wildman–Crippen LogP) is 3.00. The van der Waals surface area contributed by atoms with Gasteiger partial charge in [-0.1, -0.05) is 12.1 Å². The summed E-state index contributed by atoms with van der Waals surface area (Å²) in [6, 6.07) is 14.6. The molecule has 0 amide bonds. The van der Waals surface area contributed by atoms with Gasteiger partial charge in [-0.3, -0.25) is 4.99 Å². The van der Waals surface area contributed by atoms with Crippen molar-refractivity contribution in [3.05, 3.63) is 54.4 Å². The van der Waals surface area contributed by atoms with Crippen LogP contribution in [-0.2, 0) is 16.4 Å². The molecule has 1 heterocycles. The number of fused-ring (bicyclic) bond motifs is 1. The predicted molar refractivity (Wildman–Crippen MR) is 139 cm³/mol. The molecule has 0 spiro atoms. The number of rotatable bonds is 9. The maximum absolute atomic E-state index is 11.5. The molecule has 2 aromatic carbocycles. The molecule has 174 valence electrons. The number of halogens is 1. The van der Waals surface area contributed by atoms with E-state index in [1.165, 1.54) is 6.26 Å². The highest BCUT2D eigenvalue weighted by Crippen LogP contribution is 2.16. The molecule has 3 aromatic rings. The third-order valence-electron chi connectivity index (χ3n) is 4.84. The first-order valence-corrected chi connectivity index (χ1v) is 12.1. The molecule has 0 saturated heterocycles. The van der Waals surface area contributed by atoms with Crippen LogP contribution in [0, 0.1) is 6.92 Å². The van der Waals surface area contributed by atoms with Crippen molar-refractivity contribution in [3.63, 3.8) is 0 Å². The molecule has 8 nitrogen and oxygen atoms in total. The van der Waals surface area contributed by atoms with Gasteiger partial charge in [-0.2, -0.15) is 0 Å². The zero-order valence-corrected chi connectivity index (χ0v) is 21.7. The maximum atomic E-state index is 11.5. The molecule has 0 aliphatic rings. The second-order valence-electron chi connectivity index (χ2n) is 7.17. The third kappa shape index (κ3) is 7.09. The fourth-order valence-corrected chi connectivity index (χ4v) is 3.89. The molecule has 0 atom stereocenters. The van der Waals surface area contributed by atoms with E-state index < -0.39 is 9.84 Å². The van der Waals surface area contributed by atoms with E-state index in [1.807, 2.05) is 25.1 Å². The molecule has 0 bridgehead atoms. The Kier molecular flexibility index (Phi) is 9.76. The van der Waals surface area contributed by atoms with Gasteiger partial charge in [-0.25, -0.2) is 13.4 Å². The number of nitrogens with zero attached hydrogens (tertiary/aromatic N) is 3. The summed E-state index contributed by atoms with van der Waals surface area (Å²) in [4.78, 5) is 9.10. The SMILES string of the molecule is CN=C(NCCCn1c(C)nc2ccccc21)NCCOc1ccc(S(C)(=O)=O)cc1.I. The minimum atomic E-state index is -3.20. The second-order valence-corrected chi connectivity index (χ2v) is 9.19. The maximum Gasteiger partial charge on any atom is 0.191 e. The summed E-state index contributed by atoms with van der Waals surface area (Å²) in [5.41, 5.74) is 2.18. The number of aromatic nitrogens is 2. The van der Waals surface area contributed by atoms with Crippen molar-refractivity contribution in [2.75, 3.05) is 33.0 Å². The molecule has 0 saturated carbocycles. The van der Waals surface area contributed by atoms with Crippen LogP contribution < -0.4 is 15.4 Å². The highest BCUT2D eigenvalue weighted by Gasteiger charge is 2.07. The standard InChI is InChI=1S/C22H29N5O3S.HI/c1-17-26-20-7-4-5-8-21(20)27(17)15-6-13-24-22(23-2)25-14-16-30-18-9-11-19(12-10-18)31(3,28)29;/h4-5,7-12H,6,13-16H2,1-3H3,(H2,23,24,25);1H. The number of sulfone groups is 1. The Hall–Kier alpha value is -2.34. The lowest BCUT2D eigenvalue weighted by Crippen LogP contribution is -2.39. The van der Waals surface area contributed by atoms with Gasteiger partial charge in [-0.05, 0) is 49.7 Å². The van der Waals surface area contributed by atoms with Crippen molar-refractivity contribution in [3.8, 4) is 5.75 Å². The van der Waals surface area contributed by atoms with E-state index in [1.54, 1.807) is 31.3 Å². The number of benzene rings is 2. The number of aliphatic imine (C=N–C) groups is 1. The molecule has 0 aliphatic heterocycles. The van der Waals surface area contributed by atoms with Gasteiger partial charge in [-0.15, -0.1) is 24.0 Å². The molecule has 1 aromatic heterocycles. The minimum Gasteiger partial charge on any atom is -0.492 e. The third-order valence-corrected chi connectivity index (χ3v) is 5.96. The van der Waals surface area contributed by atoms with Crippen LogP contribution in [0.5, 0.6) is 5.75 Å². The van der Waals surface area contributed by atoms with E-state index >= 15 is 0 Å². The first-order chi connectivity index (χ1) is 14.9. The number of aryl methyl sites for hydroxylation is 2. The largest absolute Gasteiger partial charge is 0.492 e. The Balaban J connectivity index is 0.00000363. The first kappa shape index (κ1) is 25.9. The summed E-state index contributed by atoms with van der Waals surface area (Å²) in [6.45, 7) is 4.68. The van der Waals surface area contributed by atoms with E-state index in [9.17, 15) is 8.42 Å². The summed E-state index contributed by atoms with van der Waals surface area (Å²) in [6.07, 6.45) is 2.12. The van der Waals surface area contributed by atoms with E-state index in [2.05, 4.69) is 31.2 Å². The van der Waals surface area contributed by atoms with Crippen molar-refractivity contribution >= 4 is 50.8 Å². The summed E-state index contributed by atoms with van der Waals surface area (Å²) in [7, 11) is -1.47. The molecule has 0 fully saturated rings. The quantitative estimate of drug-likeness (QED) is 0.178. The fraction of sp³-hybridized carbons (Fsp3) is 0.364. The van der Waals surface area contributed by atoms with Crippen LogP contribution >= 0.6 is 24.0 Å². The lowest BCUT2D eigenvalue weighted by Gasteiger charge is -2.13. The van der Waals surface area contributed by atoms with Gasteiger partial charge < -0.3 is 19.9 Å². The normalized spacial score (nSPS) is 11.8. The van der Waals surface area contributed by atoms with Crippen LogP contribution in [0.15, 0.2) is 58.4 Å². The molecule has 2 N–H and O–H groups in total. The monoisotopic (exact) mass is 571 g/mol. The van der Waals surface area contributed by atoms with Crippen molar-refractivity contribution in [2.45, 2.75) is 24.8 Å². The average molecular weight is 571 g/mol. The lowest BCUT2D eigenvalue weighted by molar-refractivity contribution is 0.321. The van der Waals surface area contributed by atoms with Crippen molar-refractivity contribution in [1.29, 1.82) is 0 Å². The van der Waals surface area contributed by atoms with Gasteiger partial charge >= 0.3 is 0 Å². The van der Waals surface area contributed by atoms with Crippen molar-refractivity contribution < 1.29 is 13.2 Å². The number of guanidine groups is 1. The Labute approximate surface area is 206 Å². The highest BCUT2D eigenvalue weighted by molar-refractivity contribution is 14.0. The Morgan fingerprint density at radius 3 is 2.47 bits per heavy atom. The van der Waals surface area contributed by atoms with Gasteiger partial charge in [0.1, 0.15) is 18.2 Å². The number of ether oxygens (including phenoxy) is 1. The number of imidazole rings is 1.